The topological polar surface area (TPSA) is 12.0 Å². The zero-order valence-electron chi connectivity index (χ0n) is 5.66. The van der Waals surface area contributed by atoms with Gasteiger partial charge in [-0.15, -0.1) is 0 Å². The molecule has 0 atom stereocenters. The normalized spacial score (nSPS) is 10.7. The first-order valence-electron chi connectivity index (χ1n) is 3.29. The number of hydrogen-bond donors (Lipinski definition) is 1. The molecule has 0 aliphatic rings. The molecule has 0 radical (unpaired) electrons. The van der Waals surface area contributed by atoms with Crippen LogP contribution in [0, 0.1) is 0 Å². The van der Waals surface area contributed by atoms with Gasteiger partial charge in [-0.25, -0.2) is 0 Å². The highest BCUT2D eigenvalue weighted by molar-refractivity contribution is 6.43. The van der Waals surface area contributed by atoms with E-state index in [-0.39, 0.29) is 0 Å². The van der Waals surface area contributed by atoms with Crippen LogP contribution in [0.5, 0.6) is 0 Å². The molecule has 0 aromatic carbocycles. The van der Waals surface area contributed by atoms with Crippen LogP contribution in [0.15, 0.2) is 0 Å². The average Bonchev–Trinajstić information content (AvgIpc) is 1.80. The third-order valence-electron chi connectivity index (χ3n) is 1.08. The maximum atomic E-state index is 5.41. The summed E-state index contributed by atoms with van der Waals surface area (Å²) < 4.78 is 0. The number of alkyl halides is 2. The number of halogens is 2. The van der Waals surface area contributed by atoms with E-state index < -0.39 is 4.96 Å². The molecule has 1 N–H and O–H groups in total. The summed E-state index contributed by atoms with van der Waals surface area (Å²) in [5.74, 6) is 0. The van der Waals surface area contributed by atoms with Crippen molar-refractivity contribution in [2.24, 2.45) is 0 Å². The van der Waals surface area contributed by atoms with Crippen LogP contribution in [0.3, 0.4) is 0 Å². The van der Waals surface area contributed by atoms with E-state index in [4.69, 9.17) is 23.2 Å². The van der Waals surface area contributed by atoms with Crippen LogP contribution < -0.4 is 5.32 Å². The van der Waals surface area contributed by atoms with E-state index in [0.717, 1.165) is 13.0 Å². The summed E-state index contributed by atoms with van der Waals surface area (Å²) in [5, 5.41) is 2.91. The van der Waals surface area contributed by atoms with Crippen molar-refractivity contribution in [3.05, 3.63) is 0 Å². The molecular formula is C6H13Cl2N. The molecule has 0 saturated heterocycles. The second-order valence-corrected chi connectivity index (χ2v) is 3.06. The SMILES string of the molecule is CCCCCNC(Cl)Cl. The number of unbranched alkanes of at least 4 members (excludes halogenated alkanes) is 2. The fourth-order valence-corrected chi connectivity index (χ4v) is 0.804. The van der Waals surface area contributed by atoms with Gasteiger partial charge in [-0.3, -0.25) is 5.32 Å². The van der Waals surface area contributed by atoms with Crippen molar-refractivity contribution < 1.29 is 0 Å². The molecule has 56 valence electrons. The van der Waals surface area contributed by atoms with Crippen molar-refractivity contribution in [3.8, 4) is 0 Å². The van der Waals surface area contributed by atoms with Crippen LogP contribution in [0.25, 0.3) is 0 Å². The van der Waals surface area contributed by atoms with Crippen LogP contribution in [0.1, 0.15) is 26.2 Å². The lowest BCUT2D eigenvalue weighted by Crippen LogP contribution is -2.19. The Bertz CT molecular complexity index is 57.0. The lowest BCUT2D eigenvalue weighted by molar-refractivity contribution is 0.644. The van der Waals surface area contributed by atoms with Gasteiger partial charge in [0.1, 0.15) is 0 Å². The average molecular weight is 170 g/mol. The Morgan fingerprint density at radius 1 is 1.33 bits per heavy atom. The van der Waals surface area contributed by atoms with Gasteiger partial charge in [0.15, 0.2) is 4.96 Å². The van der Waals surface area contributed by atoms with Gasteiger partial charge in [0.25, 0.3) is 0 Å². The summed E-state index contributed by atoms with van der Waals surface area (Å²) in [7, 11) is 0. The Kier molecular flexibility index (Phi) is 7.06. The fourth-order valence-electron chi connectivity index (χ4n) is 0.586. The van der Waals surface area contributed by atoms with Gasteiger partial charge < -0.3 is 0 Å². The van der Waals surface area contributed by atoms with Crippen molar-refractivity contribution in [1.29, 1.82) is 0 Å². The second-order valence-electron chi connectivity index (χ2n) is 1.96. The monoisotopic (exact) mass is 169 g/mol. The molecule has 0 rings (SSSR count). The fraction of sp³-hybridized carbons (Fsp3) is 1.00. The zero-order chi connectivity index (χ0) is 7.11. The first-order valence-corrected chi connectivity index (χ1v) is 4.16. The van der Waals surface area contributed by atoms with Crippen LogP contribution in [0.2, 0.25) is 0 Å². The van der Waals surface area contributed by atoms with Crippen molar-refractivity contribution >= 4 is 23.2 Å². The molecule has 0 aliphatic carbocycles. The summed E-state index contributed by atoms with van der Waals surface area (Å²) in [6, 6.07) is 0. The molecule has 1 nitrogen and oxygen atoms in total. The first-order chi connectivity index (χ1) is 4.27. The molecule has 0 spiro atoms. The largest absolute Gasteiger partial charge is 0.289 e. The number of hydrogen-bond acceptors (Lipinski definition) is 1. The van der Waals surface area contributed by atoms with Gasteiger partial charge in [0, 0.05) is 0 Å². The zero-order valence-corrected chi connectivity index (χ0v) is 7.17. The van der Waals surface area contributed by atoms with E-state index in [0.29, 0.717) is 0 Å². The molecule has 0 amide bonds. The number of rotatable bonds is 5. The van der Waals surface area contributed by atoms with E-state index in [2.05, 4.69) is 12.2 Å². The maximum Gasteiger partial charge on any atom is 0.158 e. The predicted octanol–water partition coefficient (Wildman–Crippen LogP) is 2.53. The maximum absolute atomic E-state index is 5.41. The Hall–Kier alpha value is 0.540. The Balaban J connectivity index is 2.75. The molecule has 0 unspecified atom stereocenters. The van der Waals surface area contributed by atoms with Crippen molar-refractivity contribution in [2.75, 3.05) is 6.54 Å². The van der Waals surface area contributed by atoms with E-state index in [1.807, 2.05) is 0 Å². The van der Waals surface area contributed by atoms with Gasteiger partial charge in [-0.05, 0) is 13.0 Å². The first kappa shape index (κ1) is 9.54. The van der Waals surface area contributed by atoms with Gasteiger partial charge >= 0.3 is 0 Å². The van der Waals surface area contributed by atoms with E-state index in [9.17, 15) is 0 Å². The van der Waals surface area contributed by atoms with Crippen molar-refractivity contribution in [1.82, 2.24) is 5.32 Å². The lowest BCUT2D eigenvalue weighted by Gasteiger charge is -2.02. The highest BCUT2D eigenvalue weighted by Crippen LogP contribution is 1.97. The molecule has 0 fully saturated rings. The molecule has 0 aromatic heterocycles. The van der Waals surface area contributed by atoms with Crippen LogP contribution in [0.4, 0.5) is 0 Å². The van der Waals surface area contributed by atoms with Gasteiger partial charge in [0.05, 0.1) is 0 Å². The lowest BCUT2D eigenvalue weighted by atomic mass is 10.2. The molecule has 0 saturated carbocycles. The molecule has 0 bridgehead atoms. The molecule has 0 aliphatic heterocycles. The molecule has 9 heavy (non-hydrogen) atoms. The minimum Gasteiger partial charge on any atom is -0.289 e. The molecule has 0 aromatic rings. The van der Waals surface area contributed by atoms with Crippen LogP contribution in [-0.2, 0) is 0 Å². The number of nitrogens with one attached hydrogen (secondary N) is 1. The quantitative estimate of drug-likeness (QED) is 0.379. The Labute approximate surface area is 66.7 Å². The van der Waals surface area contributed by atoms with Crippen molar-refractivity contribution in [3.63, 3.8) is 0 Å². The van der Waals surface area contributed by atoms with Gasteiger partial charge in [-0.1, -0.05) is 43.0 Å². The molecule has 3 heteroatoms. The Morgan fingerprint density at radius 2 is 2.00 bits per heavy atom. The Morgan fingerprint density at radius 3 is 2.44 bits per heavy atom. The van der Waals surface area contributed by atoms with E-state index >= 15 is 0 Å². The molecule has 0 heterocycles. The summed E-state index contributed by atoms with van der Waals surface area (Å²) in [6.07, 6.45) is 3.64. The third kappa shape index (κ3) is 8.54. The summed E-state index contributed by atoms with van der Waals surface area (Å²) >= 11 is 10.8. The highest BCUT2D eigenvalue weighted by atomic mass is 35.5. The summed E-state index contributed by atoms with van der Waals surface area (Å²) in [4.78, 5) is -0.401. The van der Waals surface area contributed by atoms with Gasteiger partial charge in [-0.2, -0.15) is 0 Å². The standard InChI is InChI=1S/C6H13Cl2N/c1-2-3-4-5-9-6(7)8/h6,9H,2-5H2,1H3. The summed E-state index contributed by atoms with van der Waals surface area (Å²) in [6.45, 7) is 3.09. The minimum atomic E-state index is -0.401. The minimum absolute atomic E-state index is 0.401. The second kappa shape index (κ2) is 6.66. The third-order valence-corrected chi connectivity index (χ3v) is 1.39. The van der Waals surface area contributed by atoms with E-state index in [1.54, 1.807) is 0 Å². The van der Waals surface area contributed by atoms with Crippen LogP contribution >= 0.6 is 23.2 Å². The van der Waals surface area contributed by atoms with Crippen LogP contribution in [-0.4, -0.2) is 11.5 Å². The molecular weight excluding hydrogens is 157 g/mol. The van der Waals surface area contributed by atoms with Crippen molar-refractivity contribution in [2.45, 2.75) is 31.1 Å². The predicted molar refractivity (Wildman–Crippen MR) is 43.0 cm³/mol. The smallest absolute Gasteiger partial charge is 0.158 e. The van der Waals surface area contributed by atoms with Gasteiger partial charge in [0.2, 0.25) is 0 Å². The van der Waals surface area contributed by atoms with E-state index in [1.165, 1.54) is 12.8 Å². The summed E-state index contributed by atoms with van der Waals surface area (Å²) in [5.41, 5.74) is 0. The highest BCUT2D eigenvalue weighted by Gasteiger charge is 1.93.